The van der Waals surface area contributed by atoms with Gasteiger partial charge in [0, 0.05) is 37.8 Å². The zero-order chi connectivity index (χ0) is 17.7. The van der Waals surface area contributed by atoms with E-state index >= 15 is 0 Å². The number of hydrogen-bond donors (Lipinski definition) is 0. The summed E-state index contributed by atoms with van der Waals surface area (Å²) in [7, 11) is 2.12. The average molecular weight is 350 g/mol. The summed E-state index contributed by atoms with van der Waals surface area (Å²) in [6.45, 7) is 3.77. The Kier molecular flexibility index (Phi) is 3.51. The van der Waals surface area contributed by atoms with Gasteiger partial charge < -0.3 is 9.80 Å². The highest BCUT2D eigenvalue weighted by atomic mass is 15.4. The zero-order valence-electron chi connectivity index (χ0n) is 15.1. The molecular weight excluding hydrogens is 328 g/mol. The summed E-state index contributed by atoms with van der Waals surface area (Å²) in [6, 6.07) is 6.57. The number of fused-ring (bicyclic) bond motifs is 1. The Balaban J connectivity index is 1.29. The number of anilines is 2. The third-order valence-electron chi connectivity index (χ3n) is 5.70. The Morgan fingerprint density at radius 2 is 1.96 bits per heavy atom. The van der Waals surface area contributed by atoms with Crippen molar-refractivity contribution in [2.75, 3.05) is 29.9 Å². The first kappa shape index (κ1) is 15.5. The lowest BCUT2D eigenvalue weighted by Crippen LogP contribution is -2.59. The SMILES string of the molecule is Cc1nnc2ccc(N3CC(N(C)c4cc(C5CCC5)ncn4)C3)nn12. The second-order valence-corrected chi connectivity index (χ2v) is 7.31. The summed E-state index contributed by atoms with van der Waals surface area (Å²) >= 11 is 0. The summed E-state index contributed by atoms with van der Waals surface area (Å²) in [5, 5.41) is 12.8. The normalized spacial score (nSPS) is 18.0. The summed E-state index contributed by atoms with van der Waals surface area (Å²) in [5.41, 5.74) is 1.98. The molecule has 0 spiro atoms. The van der Waals surface area contributed by atoms with Gasteiger partial charge in [-0.2, -0.15) is 4.52 Å². The van der Waals surface area contributed by atoms with Gasteiger partial charge in [-0.1, -0.05) is 6.42 Å². The lowest BCUT2D eigenvalue weighted by molar-refractivity contribution is 0.410. The molecule has 0 aromatic carbocycles. The first-order valence-electron chi connectivity index (χ1n) is 9.18. The predicted octanol–water partition coefficient (Wildman–Crippen LogP) is 1.82. The molecule has 1 aliphatic heterocycles. The molecule has 2 fully saturated rings. The molecule has 3 aromatic heterocycles. The van der Waals surface area contributed by atoms with Gasteiger partial charge in [0.05, 0.1) is 6.04 Å². The van der Waals surface area contributed by atoms with Gasteiger partial charge in [0.15, 0.2) is 11.5 Å². The van der Waals surface area contributed by atoms with Gasteiger partial charge in [-0.05, 0) is 31.9 Å². The van der Waals surface area contributed by atoms with E-state index in [1.807, 2.05) is 19.1 Å². The molecular formula is C18H22N8. The van der Waals surface area contributed by atoms with Gasteiger partial charge in [-0.25, -0.2) is 9.97 Å². The van der Waals surface area contributed by atoms with Crippen LogP contribution >= 0.6 is 0 Å². The minimum Gasteiger partial charge on any atom is -0.353 e. The Morgan fingerprint density at radius 3 is 2.73 bits per heavy atom. The Hall–Kier alpha value is -2.77. The molecule has 3 aromatic rings. The van der Waals surface area contributed by atoms with Crippen molar-refractivity contribution < 1.29 is 0 Å². The fourth-order valence-electron chi connectivity index (χ4n) is 3.61. The van der Waals surface area contributed by atoms with Gasteiger partial charge in [0.2, 0.25) is 0 Å². The molecule has 1 saturated heterocycles. The van der Waals surface area contributed by atoms with Crippen LogP contribution in [-0.2, 0) is 0 Å². The fourth-order valence-corrected chi connectivity index (χ4v) is 3.61. The Morgan fingerprint density at radius 1 is 1.12 bits per heavy atom. The van der Waals surface area contributed by atoms with Crippen LogP contribution in [0.25, 0.3) is 5.65 Å². The summed E-state index contributed by atoms with van der Waals surface area (Å²) in [6.07, 6.45) is 5.54. The number of likely N-dealkylation sites (N-methyl/N-ethyl adjacent to an activating group) is 1. The molecule has 1 saturated carbocycles. The highest BCUT2D eigenvalue weighted by Crippen LogP contribution is 2.36. The molecule has 0 N–H and O–H groups in total. The van der Waals surface area contributed by atoms with Gasteiger partial charge in [-0.3, -0.25) is 0 Å². The second kappa shape index (κ2) is 5.89. The van der Waals surface area contributed by atoms with Crippen molar-refractivity contribution in [1.29, 1.82) is 0 Å². The lowest BCUT2D eigenvalue weighted by Gasteiger charge is -2.45. The van der Waals surface area contributed by atoms with Crippen LogP contribution in [0.2, 0.25) is 0 Å². The quantitative estimate of drug-likeness (QED) is 0.710. The number of hydrogen-bond acceptors (Lipinski definition) is 7. The molecule has 2 aliphatic rings. The number of rotatable bonds is 4. The van der Waals surface area contributed by atoms with Crippen molar-refractivity contribution in [1.82, 2.24) is 29.8 Å². The molecule has 0 unspecified atom stereocenters. The highest BCUT2D eigenvalue weighted by Gasteiger charge is 2.32. The summed E-state index contributed by atoms with van der Waals surface area (Å²) in [4.78, 5) is 13.5. The molecule has 0 bridgehead atoms. The van der Waals surface area contributed by atoms with Crippen LogP contribution in [0.1, 0.15) is 36.7 Å². The van der Waals surface area contributed by atoms with E-state index in [-0.39, 0.29) is 0 Å². The Bertz CT molecular complexity index is 941. The van der Waals surface area contributed by atoms with E-state index in [9.17, 15) is 0 Å². The van der Waals surface area contributed by atoms with Crippen molar-refractivity contribution in [2.24, 2.45) is 0 Å². The van der Waals surface area contributed by atoms with Crippen LogP contribution in [0, 0.1) is 6.92 Å². The molecule has 8 heteroatoms. The minimum absolute atomic E-state index is 0.429. The van der Waals surface area contributed by atoms with E-state index in [0.29, 0.717) is 12.0 Å². The molecule has 4 heterocycles. The van der Waals surface area contributed by atoms with Crippen LogP contribution in [0.4, 0.5) is 11.6 Å². The van der Waals surface area contributed by atoms with E-state index in [1.165, 1.54) is 25.0 Å². The van der Waals surface area contributed by atoms with E-state index in [4.69, 9.17) is 0 Å². The molecule has 5 rings (SSSR count). The first-order valence-corrected chi connectivity index (χ1v) is 9.18. The molecule has 0 atom stereocenters. The largest absolute Gasteiger partial charge is 0.353 e. The van der Waals surface area contributed by atoms with Gasteiger partial charge in [-0.15, -0.1) is 15.3 Å². The third kappa shape index (κ3) is 2.48. The molecule has 0 amide bonds. The maximum Gasteiger partial charge on any atom is 0.178 e. The smallest absolute Gasteiger partial charge is 0.178 e. The van der Waals surface area contributed by atoms with Crippen molar-refractivity contribution in [2.45, 2.75) is 38.1 Å². The fraction of sp³-hybridized carbons (Fsp3) is 0.500. The minimum atomic E-state index is 0.429. The van der Waals surface area contributed by atoms with Crippen LogP contribution in [0.5, 0.6) is 0 Å². The average Bonchev–Trinajstić information content (AvgIpc) is 2.93. The Labute approximate surface area is 151 Å². The van der Waals surface area contributed by atoms with Crippen LogP contribution < -0.4 is 9.80 Å². The number of aromatic nitrogens is 6. The van der Waals surface area contributed by atoms with Crippen LogP contribution in [0.15, 0.2) is 24.5 Å². The van der Waals surface area contributed by atoms with Gasteiger partial charge >= 0.3 is 0 Å². The van der Waals surface area contributed by atoms with Crippen LogP contribution in [0.3, 0.4) is 0 Å². The van der Waals surface area contributed by atoms with Crippen molar-refractivity contribution in [3.63, 3.8) is 0 Å². The molecule has 0 radical (unpaired) electrons. The van der Waals surface area contributed by atoms with Crippen molar-refractivity contribution >= 4 is 17.3 Å². The maximum atomic E-state index is 4.65. The first-order chi connectivity index (χ1) is 12.7. The molecule has 26 heavy (non-hydrogen) atoms. The standard InChI is InChI=1S/C18H22N8/c1-12-21-22-16-6-7-17(23-26(12)16)25-9-14(10-25)24(2)18-8-15(19-11-20-18)13-4-3-5-13/h6-8,11,13-14H,3-5,9-10H2,1-2H3. The zero-order valence-corrected chi connectivity index (χ0v) is 15.1. The lowest BCUT2D eigenvalue weighted by atomic mass is 9.83. The molecule has 134 valence electrons. The third-order valence-corrected chi connectivity index (χ3v) is 5.70. The topological polar surface area (TPSA) is 75.3 Å². The van der Waals surface area contributed by atoms with Gasteiger partial charge in [0.1, 0.15) is 18.0 Å². The predicted molar refractivity (Wildman–Crippen MR) is 98.5 cm³/mol. The van der Waals surface area contributed by atoms with E-state index in [2.05, 4.69) is 48.2 Å². The van der Waals surface area contributed by atoms with Crippen molar-refractivity contribution in [3.8, 4) is 0 Å². The van der Waals surface area contributed by atoms with Crippen LogP contribution in [-0.4, -0.2) is 56.0 Å². The summed E-state index contributed by atoms with van der Waals surface area (Å²) < 4.78 is 1.79. The second-order valence-electron chi connectivity index (χ2n) is 7.31. The van der Waals surface area contributed by atoms with E-state index in [1.54, 1.807) is 10.8 Å². The molecule has 8 nitrogen and oxygen atoms in total. The maximum absolute atomic E-state index is 4.65. The molecule has 1 aliphatic carbocycles. The number of aryl methyl sites for hydroxylation is 1. The summed E-state index contributed by atoms with van der Waals surface area (Å²) in [5.74, 6) is 3.42. The highest BCUT2D eigenvalue weighted by molar-refractivity contribution is 5.51. The van der Waals surface area contributed by atoms with E-state index in [0.717, 1.165) is 36.2 Å². The van der Waals surface area contributed by atoms with Gasteiger partial charge in [0.25, 0.3) is 0 Å². The monoisotopic (exact) mass is 350 g/mol. The van der Waals surface area contributed by atoms with Crippen molar-refractivity contribution in [3.05, 3.63) is 36.0 Å². The number of nitrogens with zero attached hydrogens (tertiary/aromatic N) is 8. The van der Waals surface area contributed by atoms with E-state index < -0.39 is 0 Å².